The van der Waals surface area contributed by atoms with E-state index in [2.05, 4.69) is 21.0 Å². The minimum atomic E-state index is -0.535. The second-order valence-corrected chi connectivity index (χ2v) is 4.96. The standard InChI is InChI=1S/C12H18ClN5O2/c1-7(2)5-15-10(19)6-16-12(20)11-8(13)3-4-9(17-11)18-14/h3-4,7H,5-6,14H2,1-2H3,(H,15,19)(H,16,20)(H,17,18). The highest BCUT2D eigenvalue weighted by molar-refractivity contribution is 6.33. The van der Waals surface area contributed by atoms with Gasteiger partial charge < -0.3 is 16.1 Å². The van der Waals surface area contributed by atoms with Gasteiger partial charge in [-0.3, -0.25) is 9.59 Å². The van der Waals surface area contributed by atoms with Gasteiger partial charge in [-0.15, -0.1) is 0 Å². The quantitative estimate of drug-likeness (QED) is 0.452. The van der Waals surface area contributed by atoms with Crippen LogP contribution in [-0.2, 0) is 4.79 Å². The van der Waals surface area contributed by atoms with Gasteiger partial charge in [0.1, 0.15) is 11.5 Å². The van der Waals surface area contributed by atoms with E-state index in [-0.39, 0.29) is 23.2 Å². The molecule has 8 heteroatoms. The van der Waals surface area contributed by atoms with Crippen molar-refractivity contribution in [3.63, 3.8) is 0 Å². The number of anilines is 1. The lowest BCUT2D eigenvalue weighted by Crippen LogP contribution is -2.38. The summed E-state index contributed by atoms with van der Waals surface area (Å²) in [7, 11) is 0. The van der Waals surface area contributed by atoms with Gasteiger partial charge in [-0.25, -0.2) is 10.8 Å². The minimum absolute atomic E-state index is 0.0128. The van der Waals surface area contributed by atoms with Gasteiger partial charge in [0.15, 0.2) is 0 Å². The summed E-state index contributed by atoms with van der Waals surface area (Å²) in [6.07, 6.45) is 0. The number of hydrogen-bond donors (Lipinski definition) is 4. The Balaban J connectivity index is 2.56. The van der Waals surface area contributed by atoms with E-state index in [1.807, 2.05) is 13.8 Å². The molecule has 0 aliphatic heterocycles. The van der Waals surface area contributed by atoms with Gasteiger partial charge in [0.25, 0.3) is 5.91 Å². The molecule has 0 atom stereocenters. The number of rotatable bonds is 6. The average Bonchev–Trinajstić information content (AvgIpc) is 2.43. The lowest BCUT2D eigenvalue weighted by Gasteiger charge is -2.09. The molecule has 0 aliphatic rings. The Labute approximate surface area is 122 Å². The molecule has 20 heavy (non-hydrogen) atoms. The van der Waals surface area contributed by atoms with E-state index in [0.29, 0.717) is 18.3 Å². The fraction of sp³-hybridized carbons (Fsp3) is 0.417. The van der Waals surface area contributed by atoms with Crippen LogP contribution in [0.3, 0.4) is 0 Å². The lowest BCUT2D eigenvalue weighted by atomic mass is 10.2. The first-order valence-corrected chi connectivity index (χ1v) is 6.50. The van der Waals surface area contributed by atoms with Crippen LogP contribution in [0.15, 0.2) is 12.1 Å². The maximum absolute atomic E-state index is 11.9. The largest absolute Gasteiger partial charge is 0.354 e. The molecule has 0 unspecified atom stereocenters. The zero-order valence-corrected chi connectivity index (χ0v) is 12.1. The minimum Gasteiger partial charge on any atom is -0.354 e. The maximum atomic E-state index is 11.9. The van der Waals surface area contributed by atoms with Crippen LogP contribution in [0.4, 0.5) is 5.82 Å². The third-order valence-corrected chi connectivity index (χ3v) is 2.63. The van der Waals surface area contributed by atoms with E-state index in [1.54, 1.807) is 0 Å². The van der Waals surface area contributed by atoms with Gasteiger partial charge in [0.2, 0.25) is 5.91 Å². The van der Waals surface area contributed by atoms with E-state index in [9.17, 15) is 9.59 Å². The molecule has 5 N–H and O–H groups in total. The molecule has 110 valence electrons. The van der Waals surface area contributed by atoms with Gasteiger partial charge >= 0.3 is 0 Å². The van der Waals surface area contributed by atoms with Crippen LogP contribution in [-0.4, -0.2) is 29.9 Å². The lowest BCUT2D eigenvalue weighted by molar-refractivity contribution is -0.120. The van der Waals surface area contributed by atoms with Gasteiger partial charge in [0.05, 0.1) is 11.6 Å². The molecule has 0 aliphatic carbocycles. The zero-order chi connectivity index (χ0) is 15.1. The Bertz CT molecular complexity index is 493. The first-order valence-electron chi connectivity index (χ1n) is 6.12. The van der Waals surface area contributed by atoms with Crippen LogP contribution in [0.1, 0.15) is 24.3 Å². The van der Waals surface area contributed by atoms with Crippen molar-refractivity contribution in [2.75, 3.05) is 18.5 Å². The maximum Gasteiger partial charge on any atom is 0.271 e. The van der Waals surface area contributed by atoms with Crippen LogP contribution in [0.5, 0.6) is 0 Å². The van der Waals surface area contributed by atoms with Crippen LogP contribution < -0.4 is 21.9 Å². The number of halogens is 1. The highest BCUT2D eigenvalue weighted by atomic mass is 35.5. The van der Waals surface area contributed by atoms with Gasteiger partial charge in [0, 0.05) is 6.54 Å². The number of nitrogens with zero attached hydrogens (tertiary/aromatic N) is 1. The van der Waals surface area contributed by atoms with Crippen LogP contribution in [0.2, 0.25) is 5.02 Å². The highest BCUT2D eigenvalue weighted by Gasteiger charge is 2.14. The van der Waals surface area contributed by atoms with Crippen LogP contribution in [0, 0.1) is 5.92 Å². The molecule has 1 aromatic rings. The summed E-state index contributed by atoms with van der Waals surface area (Å²) < 4.78 is 0. The smallest absolute Gasteiger partial charge is 0.271 e. The van der Waals surface area contributed by atoms with Crippen LogP contribution >= 0.6 is 11.6 Å². The van der Waals surface area contributed by atoms with Crippen molar-refractivity contribution in [1.82, 2.24) is 15.6 Å². The van der Waals surface area contributed by atoms with Crippen molar-refractivity contribution in [1.29, 1.82) is 0 Å². The second kappa shape index (κ2) is 7.66. The molecule has 0 fully saturated rings. The normalized spacial score (nSPS) is 10.2. The van der Waals surface area contributed by atoms with Crippen molar-refractivity contribution in [3.8, 4) is 0 Å². The molecule has 2 amide bonds. The predicted octanol–water partition coefficient (Wildman–Crippen LogP) is 0.523. The molecule has 1 heterocycles. The van der Waals surface area contributed by atoms with Crippen molar-refractivity contribution < 1.29 is 9.59 Å². The Morgan fingerprint density at radius 1 is 1.35 bits per heavy atom. The molecule has 1 rings (SSSR count). The van der Waals surface area contributed by atoms with Crippen molar-refractivity contribution in [3.05, 3.63) is 22.8 Å². The number of nitrogens with two attached hydrogens (primary N) is 1. The number of pyridine rings is 1. The number of amides is 2. The first kappa shape index (κ1) is 16.2. The number of hydrogen-bond acceptors (Lipinski definition) is 5. The topological polar surface area (TPSA) is 109 Å². The van der Waals surface area contributed by atoms with Crippen LogP contribution in [0.25, 0.3) is 0 Å². The molecule has 0 radical (unpaired) electrons. The van der Waals surface area contributed by atoms with Crippen molar-refractivity contribution in [2.24, 2.45) is 11.8 Å². The number of carbonyl (C=O) groups excluding carboxylic acids is 2. The Kier molecular flexibility index (Phi) is 6.20. The fourth-order valence-electron chi connectivity index (χ4n) is 1.31. The molecule has 0 aromatic carbocycles. The van der Waals surface area contributed by atoms with E-state index < -0.39 is 5.91 Å². The summed E-state index contributed by atoms with van der Waals surface area (Å²) in [6.45, 7) is 4.38. The van der Waals surface area contributed by atoms with E-state index in [4.69, 9.17) is 17.4 Å². The van der Waals surface area contributed by atoms with Crippen molar-refractivity contribution in [2.45, 2.75) is 13.8 Å². The SMILES string of the molecule is CC(C)CNC(=O)CNC(=O)c1nc(NN)ccc1Cl. The summed E-state index contributed by atoms with van der Waals surface area (Å²) in [6, 6.07) is 3.03. The number of carbonyl (C=O) groups is 2. The molecule has 7 nitrogen and oxygen atoms in total. The second-order valence-electron chi connectivity index (χ2n) is 4.55. The van der Waals surface area contributed by atoms with Crippen molar-refractivity contribution >= 4 is 29.2 Å². The van der Waals surface area contributed by atoms with Gasteiger partial charge in [-0.1, -0.05) is 25.4 Å². The van der Waals surface area contributed by atoms with Gasteiger partial charge in [-0.05, 0) is 18.1 Å². The molecular weight excluding hydrogens is 282 g/mol. The van der Waals surface area contributed by atoms with Gasteiger partial charge in [-0.2, -0.15) is 0 Å². The molecule has 0 saturated heterocycles. The Hall–Kier alpha value is -1.86. The molecule has 0 saturated carbocycles. The highest BCUT2D eigenvalue weighted by Crippen LogP contribution is 2.15. The summed E-state index contributed by atoms with van der Waals surface area (Å²) in [5.41, 5.74) is 2.33. The Morgan fingerprint density at radius 3 is 2.65 bits per heavy atom. The molecule has 0 spiro atoms. The molecule has 1 aromatic heterocycles. The van der Waals surface area contributed by atoms with E-state index >= 15 is 0 Å². The summed E-state index contributed by atoms with van der Waals surface area (Å²) >= 11 is 5.87. The summed E-state index contributed by atoms with van der Waals surface area (Å²) in [5.74, 6) is 5.06. The average molecular weight is 300 g/mol. The Morgan fingerprint density at radius 2 is 2.05 bits per heavy atom. The number of hydrazine groups is 1. The summed E-state index contributed by atoms with van der Waals surface area (Å²) in [4.78, 5) is 27.3. The summed E-state index contributed by atoms with van der Waals surface area (Å²) in [5, 5.41) is 5.32. The predicted molar refractivity (Wildman–Crippen MR) is 77.2 cm³/mol. The number of aromatic nitrogens is 1. The zero-order valence-electron chi connectivity index (χ0n) is 11.4. The monoisotopic (exact) mass is 299 g/mol. The van der Waals surface area contributed by atoms with E-state index in [0.717, 1.165) is 0 Å². The number of nitrogen functional groups attached to an aromatic ring is 1. The van der Waals surface area contributed by atoms with E-state index in [1.165, 1.54) is 12.1 Å². The molecular formula is C12H18ClN5O2. The first-order chi connectivity index (χ1) is 9.43. The third-order valence-electron chi connectivity index (χ3n) is 2.33. The third kappa shape index (κ3) is 5.02. The number of nitrogens with one attached hydrogen (secondary N) is 3. The fourth-order valence-corrected chi connectivity index (χ4v) is 1.50. The molecule has 0 bridgehead atoms.